The zero-order chi connectivity index (χ0) is 15.2. The Morgan fingerprint density at radius 2 is 1.85 bits per heavy atom. The normalized spacial score (nSPS) is 41.1. The molecule has 0 saturated carbocycles. The molecule has 3 aliphatic rings. The van der Waals surface area contributed by atoms with E-state index in [1.807, 2.05) is 25.1 Å². The van der Waals surface area contributed by atoms with E-state index in [2.05, 4.69) is 0 Å². The molecular weight excluding hydrogens is 256 g/mol. The van der Waals surface area contributed by atoms with Gasteiger partial charge in [-0.25, -0.2) is 0 Å². The molecule has 0 radical (unpaired) electrons. The molecule has 20 heavy (non-hydrogen) atoms. The molecule has 0 aromatic carbocycles. The molecule has 0 aromatic heterocycles. The minimum absolute atomic E-state index is 0.326. The minimum atomic E-state index is -1.66. The van der Waals surface area contributed by atoms with E-state index in [-0.39, 0.29) is 5.90 Å². The summed E-state index contributed by atoms with van der Waals surface area (Å²) in [5.74, 6) is -2.18. The molecule has 0 unspecified atom stereocenters. The summed E-state index contributed by atoms with van der Waals surface area (Å²) < 4.78 is 11.3. The Morgan fingerprint density at radius 1 is 1.25 bits per heavy atom. The van der Waals surface area contributed by atoms with Crippen LogP contribution in [0.15, 0.2) is 0 Å². The number of rotatable bonds is 2. The van der Waals surface area contributed by atoms with Crippen LogP contribution in [-0.4, -0.2) is 17.8 Å². The van der Waals surface area contributed by atoms with Crippen LogP contribution in [-0.2, 0) is 9.47 Å². The Bertz CT molecular complexity index is 567. The molecule has 6 nitrogen and oxygen atoms in total. The predicted octanol–water partition coefficient (Wildman–Crippen LogP) is 2.09. The summed E-state index contributed by atoms with van der Waals surface area (Å²) in [4.78, 5) is 0. The first-order chi connectivity index (χ1) is 9.38. The largest absolute Gasteiger partial charge is 0.448 e. The third-order valence-electron chi connectivity index (χ3n) is 4.66. The number of nitrogens with one attached hydrogen (secondary N) is 1. The highest BCUT2D eigenvalue weighted by Gasteiger charge is 2.77. The highest BCUT2D eigenvalue weighted by atomic mass is 16.7. The van der Waals surface area contributed by atoms with Gasteiger partial charge in [-0.2, -0.15) is 15.8 Å². The molecule has 3 rings (SSSR count). The van der Waals surface area contributed by atoms with E-state index in [0.29, 0.717) is 6.42 Å². The zero-order valence-electron chi connectivity index (χ0n) is 11.7. The minimum Gasteiger partial charge on any atom is -0.448 e. The van der Waals surface area contributed by atoms with Crippen molar-refractivity contribution in [3.05, 3.63) is 0 Å². The van der Waals surface area contributed by atoms with E-state index in [1.54, 1.807) is 13.8 Å². The van der Waals surface area contributed by atoms with Gasteiger partial charge in [0, 0.05) is 6.92 Å². The summed E-state index contributed by atoms with van der Waals surface area (Å²) in [6.45, 7) is 5.21. The first-order valence-corrected chi connectivity index (χ1v) is 6.58. The van der Waals surface area contributed by atoms with E-state index >= 15 is 0 Å². The van der Waals surface area contributed by atoms with Crippen molar-refractivity contribution in [2.75, 3.05) is 0 Å². The molecular formula is C14H16N4O2. The Morgan fingerprint density at radius 3 is 2.30 bits per heavy atom. The van der Waals surface area contributed by atoms with Crippen LogP contribution in [0.5, 0.6) is 0 Å². The second-order valence-corrected chi connectivity index (χ2v) is 5.52. The number of ether oxygens (including phenoxy) is 2. The Labute approximate surface area is 118 Å². The third-order valence-corrected chi connectivity index (χ3v) is 4.66. The molecule has 3 fully saturated rings. The van der Waals surface area contributed by atoms with E-state index in [4.69, 9.17) is 14.9 Å². The second kappa shape index (κ2) is 4.20. The van der Waals surface area contributed by atoms with Gasteiger partial charge >= 0.3 is 0 Å². The van der Waals surface area contributed by atoms with Crippen LogP contribution < -0.4 is 0 Å². The van der Waals surface area contributed by atoms with E-state index < -0.39 is 28.6 Å². The highest BCUT2D eigenvalue weighted by Crippen LogP contribution is 2.62. The average molecular weight is 272 g/mol. The number of nitrogens with zero attached hydrogens (tertiary/aromatic N) is 3. The average Bonchev–Trinajstić information content (AvgIpc) is 2.42. The smallest absolute Gasteiger partial charge is 0.214 e. The van der Waals surface area contributed by atoms with Crippen LogP contribution in [0, 0.1) is 56.2 Å². The topological polar surface area (TPSA) is 114 Å². The fourth-order valence-electron chi connectivity index (χ4n) is 3.33. The van der Waals surface area contributed by atoms with Crippen molar-refractivity contribution >= 4 is 5.90 Å². The fourth-order valence-corrected chi connectivity index (χ4v) is 3.33. The molecule has 104 valence electrons. The predicted molar refractivity (Wildman–Crippen MR) is 67.9 cm³/mol. The monoisotopic (exact) mass is 272 g/mol. The Hall–Kier alpha value is -2.10. The summed E-state index contributed by atoms with van der Waals surface area (Å²) >= 11 is 0. The van der Waals surface area contributed by atoms with E-state index in [9.17, 15) is 15.8 Å². The van der Waals surface area contributed by atoms with E-state index in [1.165, 1.54) is 0 Å². The number of hydrogen-bond acceptors (Lipinski definition) is 6. The first kappa shape index (κ1) is 14.3. The molecule has 4 atom stereocenters. The molecule has 0 spiro atoms. The van der Waals surface area contributed by atoms with Gasteiger partial charge in [-0.15, -0.1) is 0 Å². The maximum atomic E-state index is 9.68. The maximum absolute atomic E-state index is 9.68. The first-order valence-electron chi connectivity index (χ1n) is 6.58. The Balaban J connectivity index is 2.76. The van der Waals surface area contributed by atoms with Gasteiger partial charge in [0.2, 0.25) is 11.7 Å². The van der Waals surface area contributed by atoms with Crippen LogP contribution in [0.2, 0.25) is 0 Å². The van der Waals surface area contributed by atoms with Gasteiger partial charge in [0.05, 0.1) is 30.2 Å². The maximum Gasteiger partial charge on any atom is 0.214 e. The summed E-state index contributed by atoms with van der Waals surface area (Å²) in [5, 5.41) is 37.0. The standard InChI is InChI=1S/C14H16N4O2/c1-4-5-10-14(8-17)11(18)20-12(3,19-10)9(2)13(14,6-15)7-16/h9-10,18H,4-5H2,1-3H3/t9-,10-,12+,14+/m1/s1. The van der Waals surface area contributed by atoms with Gasteiger partial charge in [-0.05, 0) is 6.42 Å². The van der Waals surface area contributed by atoms with Crippen LogP contribution in [0.25, 0.3) is 0 Å². The molecule has 3 saturated heterocycles. The SMILES string of the molecule is CCC[C@H]1O[C@@]2(C)OC(=N)[C@@]1(C#N)C(C#N)(C#N)[C@@H]2C. The lowest BCUT2D eigenvalue weighted by atomic mass is 9.51. The van der Waals surface area contributed by atoms with Gasteiger partial charge in [0.15, 0.2) is 10.8 Å². The third kappa shape index (κ3) is 1.26. The van der Waals surface area contributed by atoms with Crippen molar-refractivity contribution in [2.45, 2.75) is 45.5 Å². The van der Waals surface area contributed by atoms with Crippen molar-refractivity contribution in [1.82, 2.24) is 0 Å². The molecule has 3 aliphatic heterocycles. The van der Waals surface area contributed by atoms with Crippen LogP contribution in [0.1, 0.15) is 33.6 Å². The fraction of sp³-hybridized carbons (Fsp3) is 0.714. The second-order valence-electron chi connectivity index (χ2n) is 5.52. The summed E-state index contributed by atoms with van der Waals surface area (Å²) in [6.07, 6.45) is 0.533. The van der Waals surface area contributed by atoms with E-state index in [0.717, 1.165) is 6.42 Å². The lowest BCUT2D eigenvalue weighted by Gasteiger charge is -2.60. The molecule has 0 aliphatic carbocycles. The van der Waals surface area contributed by atoms with Gasteiger partial charge < -0.3 is 9.47 Å². The van der Waals surface area contributed by atoms with Gasteiger partial charge in [-0.3, -0.25) is 5.41 Å². The van der Waals surface area contributed by atoms with Crippen molar-refractivity contribution in [3.63, 3.8) is 0 Å². The van der Waals surface area contributed by atoms with Gasteiger partial charge in [-0.1, -0.05) is 20.3 Å². The molecule has 0 amide bonds. The van der Waals surface area contributed by atoms with Crippen molar-refractivity contribution in [1.29, 1.82) is 21.2 Å². The van der Waals surface area contributed by atoms with Gasteiger partial charge in [0.1, 0.15) is 0 Å². The van der Waals surface area contributed by atoms with Crippen molar-refractivity contribution < 1.29 is 9.47 Å². The molecule has 2 bridgehead atoms. The summed E-state index contributed by atoms with van der Waals surface area (Å²) in [6, 6.07) is 6.01. The number of fused-ring (bicyclic) bond motifs is 3. The quantitative estimate of drug-likeness (QED) is 0.826. The summed E-state index contributed by atoms with van der Waals surface area (Å²) in [5.41, 5.74) is -3.30. The lowest BCUT2D eigenvalue weighted by molar-refractivity contribution is -0.336. The van der Waals surface area contributed by atoms with Crippen LogP contribution >= 0.6 is 0 Å². The zero-order valence-corrected chi connectivity index (χ0v) is 11.7. The number of nitriles is 3. The van der Waals surface area contributed by atoms with Crippen LogP contribution in [0.3, 0.4) is 0 Å². The molecule has 1 N–H and O–H groups in total. The van der Waals surface area contributed by atoms with Crippen molar-refractivity contribution in [2.24, 2.45) is 16.7 Å². The lowest BCUT2D eigenvalue weighted by Crippen LogP contribution is -2.73. The number of hydrogen-bond donors (Lipinski definition) is 1. The van der Waals surface area contributed by atoms with Gasteiger partial charge in [0.25, 0.3) is 0 Å². The molecule has 3 heterocycles. The summed E-state index contributed by atoms with van der Waals surface area (Å²) in [7, 11) is 0. The Kier molecular flexibility index (Phi) is 3.00. The molecule has 6 heteroatoms. The highest BCUT2D eigenvalue weighted by molar-refractivity contribution is 5.88. The molecule has 0 aromatic rings. The van der Waals surface area contributed by atoms with Crippen molar-refractivity contribution in [3.8, 4) is 18.2 Å². The van der Waals surface area contributed by atoms with Crippen LogP contribution in [0.4, 0.5) is 0 Å².